The molecular weight excluding hydrogens is 462 g/mol. The fourth-order valence-corrected chi connectivity index (χ4v) is 4.35. The van der Waals surface area contributed by atoms with Crippen molar-refractivity contribution >= 4 is 45.3 Å². The van der Waals surface area contributed by atoms with E-state index in [9.17, 15) is 14.4 Å². The lowest BCUT2D eigenvalue weighted by molar-refractivity contribution is -0.117. The summed E-state index contributed by atoms with van der Waals surface area (Å²) in [6.07, 6.45) is 5.13. The van der Waals surface area contributed by atoms with E-state index in [2.05, 4.69) is 25.9 Å². The lowest BCUT2D eigenvalue weighted by atomic mass is 10.1. The van der Waals surface area contributed by atoms with Gasteiger partial charge < -0.3 is 4.90 Å². The van der Waals surface area contributed by atoms with Gasteiger partial charge in [-0.2, -0.15) is 0 Å². The monoisotopic (exact) mass is 485 g/mol. The number of carbonyl (C=O) groups is 3. The Bertz CT molecular complexity index is 993. The second-order valence-electron chi connectivity index (χ2n) is 7.62. The number of hydrogen-bond acceptors (Lipinski definition) is 6. The van der Waals surface area contributed by atoms with E-state index in [-0.39, 0.29) is 17.7 Å². The molecular formula is C22H24BrN5O3. The van der Waals surface area contributed by atoms with Gasteiger partial charge in [-0.15, -0.1) is 0 Å². The van der Waals surface area contributed by atoms with E-state index in [1.165, 1.54) is 4.90 Å². The Balaban J connectivity index is 1.26. The lowest BCUT2D eigenvalue weighted by Gasteiger charge is -2.34. The number of amides is 3. The van der Waals surface area contributed by atoms with Crippen molar-refractivity contribution in [3.63, 3.8) is 0 Å². The van der Waals surface area contributed by atoms with Gasteiger partial charge in [-0.1, -0.05) is 25.0 Å². The molecule has 0 fully saturated rings. The zero-order chi connectivity index (χ0) is 22.0. The maximum atomic E-state index is 12.5. The van der Waals surface area contributed by atoms with Gasteiger partial charge in [-0.05, 0) is 47.8 Å². The van der Waals surface area contributed by atoms with Crippen molar-refractivity contribution in [3.8, 4) is 0 Å². The average Bonchev–Trinajstić information content (AvgIpc) is 3.01. The number of nitrogens with zero attached hydrogens (tertiary/aromatic N) is 5. The third kappa shape index (κ3) is 4.19. The molecule has 2 aliphatic rings. The number of imide groups is 1. The molecule has 4 rings (SSSR count). The smallest absolute Gasteiger partial charge is 0.261 e. The Kier molecular flexibility index (Phi) is 6.31. The van der Waals surface area contributed by atoms with Crippen LogP contribution in [0.3, 0.4) is 0 Å². The van der Waals surface area contributed by atoms with Crippen LogP contribution in [0.4, 0.5) is 11.6 Å². The van der Waals surface area contributed by atoms with Crippen molar-refractivity contribution in [1.82, 2.24) is 14.9 Å². The number of benzene rings is 1. The lowest BCUT2D eigenvalue weighted by Crippen LogP contribution is -2.47. The number of rotatable bonds is 8. The number of fused-ring (bicyclic) bond motifs is 2. The Hall–Kier alpha value is -2.81. The predicted octanol–water partition coefficient (Wildman–Crippen LogP) is 3.27. The van der Waals surface area contributed by atoms with E-state index >= 15 is 0 Å². The van der Waals surface area contributed by atoms with Crippen LogP contribution in [-0.4, -0.2) is 58.8 Å². The molecule has 1 aromatic heterocycles. The highest BCUT2D eigenvalue weighted by Gasteiger charge is 2.34. The number of aromatic nitrogens is 2. The molecule has 3 amide bonds. The SMILES string of the molecule is CCN1C(=O)CN(CCCCCCN2C(=O)c3ccccc3C2=O)c2ncc(Br)nc21. The highest BCUT2D eigenvalue weighted by Crippen LogP contribution is 2.31. The summed E-state index contributed by atoms with van der Waals surface area (Å²) in [7, 11) is 0. The Morgan fingerprint density at radius 1 is 0.903 bits per heavy atom. The van der Waals surface area contributed by atoms with Crippen LogP contribution in [0.5, 0.6) is 0 Å². The number of halogens is 1. The molecule has 0 radical (unpaired) electrons. The Morgan fingerprint density at radius 2 is 1.55 bits per heavy atom. The molecule has 0 aliphatic carbocycles. The molecule has 0 saturated heterocycles. The minimum Gasteiger partial charge on any atom is -0.344 e. The molecule has 31 heavy (non-hydrogen) atoms. The molecule has 0 N–H and O–H groups in total. The van der Waals surface area contributed by atoms with Crippen LogP contribution in [0.15, 0.2) is 35.1 Å². The maximum Gasteiger partial charge on any atom is 0.261 e. The first-order chi connectivity index (χ1) is 15.0. The Morgan fingerprint density at radius 3 is 2.19 bits per heavy atom. The first-order valence-corrected chi connectivity index (χ1v) is 11.3. The summed E-state index contributed by atoms with van der Waals surface area (Å²) >= 11 is 3.33. The van der Waals surface area contributed by atoms with Gasteiger partial charge in [0, 0.05) is 19.6 Å². The van der Waals surface area contributed by atoms with Gasteiger partial charge in [-0.3, -0.25) is 24.2 Å². The number of anilines is 2. The summed E-state index contributed by atoms with van der Waals surface area (Å²) in [5.41, 5.74) is 0.990. The summed E-state index contributed by atoms with van der Waals surface area (Å²) in [6.45, 7) is 3.92. The first kappa shape index (κ1) is 21.4. The van der Waals surface area contributed by atoms with Crippen LogP contribution in [-0.2, 0) is 4.79 Å². The van der Waals surface area contributed by atoms with Crippen LogP contribution in [0.2, 0.25) is 0 Å². The van der Waals surface area contributed by atoms with Gasteiger partial charge in [0.15, 0.2) is 11.6 Å². The molecule has 2 aromatic rings. The standard InChI is InChI=1S/C22H24BrN5O3/c1-2-27-18(29)14-26(19-20(27)25-17(23)13-24-19)11-7-3-4-8-12-28-21(30)15-9-5-6-10-16(15)22(28)31/h5-6,9-10,13H,2-4,7-8,11-12,14H2,1H3. The molecule has 0 saturated carbocycles. The average molecular weight is 486 g/mol. The Labute approximate surface area is 189 Å². The summed E-state index contributed by atoms with van der Waals surface area (Å²) in [4.78, 5) is 51.2. The van der Waals surface area contributed by atoms with Crippen molar-refractivity contribution in [1.29, 1.82) is 0 Å². The topological polar surface area (TPSA) is 86.7 Å². The second-order valence-corrected chi connectivity index (χ2v) is 8.43. The number of carbonyl (C=O) groups excluding carboxylic acids is 3. The number of hydrogen-bond donors (Lipinski definition) is 0. The molecule has 0 bridgehead atoms. The molecule has 1 aromatic carbocycles. The van der Waals surface area contributed by atoms with Crippen LogP contribution in [0, 0.1) is 0 Å². The third-order valence-corrected chi connectivity index (χ3v) is 6.02. The summed E-state index contributed by atoms with van der Waals surface area (Å²) in [5.74, 6) is 0.950. The van der Waals surface area contributed by atoms with Gasteiger partial charge in [-0.25, -0.2) is 9.97 Å². The largest absolute Gasteiger partial charge is 0.344 e. The fourth-order valence-electron chi connectivity index (χ4n) is 4.08. The van der Waals surface area contributed by atoms with Crippen molar-refractivity contribution < 1.29 is 14.4 Å². The summed E-state index contributed by atoms with van der Waals surface area (Å²) < 4.78 is 0.604. The van der Waals surface area contributed by atoms with Gasteiger partial charge in [0.05, 0.1) is 23.9 Å². The summed E-state index contributed by atoms with van der Waals surface area (Å²) in [6, 6.07) is 6.96. The van der Waals surface area contributed by atoms with Crippen molar-refractivity contribution in [2.45, 2.75) is 32.6 Å². The van der Waals surface area contributed by atoms with Crippen molar-refractivity contribution in [2.24, 2.45) is 0 Å². The van der Waals surface area contributed by atoms with Gasteiger partial charge in [0.1, 0.15) is 4.60 Å². The van der Waals surface area contributed by atoms with E-state index in [0.717, 1.165) is 31.5 Å². The molecule has 0 spiro atoms. The molecule has 3 heterocycles. The van der Waals surface area contributed by atoms with Crippen LogP contribution in [0.25, 0.3) is 0 Å². The van der Waals surface area contributed by atoms with E-state index in [1.54, 1.807) is 35.4 Å². The highest BCUT2D eigenvalue weighted by atomic mass is 79.9. The van der Waals surface area contributed by atoms with Gasteiger partial charge >= 0.3 is 0 Å². The minimum atomic E-state index is -0.200. The maximum absolute atomic E-state index is 12.5. The summed E-state index contributed by atoms with van der Waals surface area (Å²) in [5, 5.41) is 0. The highest BCUT2D eigenvalue weighted by molar-refractivity contribution is 9.10. The number of likely N-dealkylation sites (N-methyl/N-ethyl adjacent to an activating group) is 1. The molecule has 0 atom stereocenters. The molecule has 0 unspecified atom stereocenters. The van der Waals surface area contributed by atoms with Crippen LogP contribution < -0.4 is 9.80 Å². The van der Waals surface area contributed by atoms with Crippen LogP contribution in [0.1, 0.15) is 53.3 Å². The fraction of sp³-hybridized carbons (Fsp3) is 0.409. The quantitative estimate of drug-likeness (QED) is 0.421. The molecule has 2 aliphatic heterocycles. The normalized spacial score (nSPS) is 15.5. The van der Waals surface area contributed by atoms with E-state index in [4.69, 9.17) is 0 Å². The molecule has 162 valence electrons. The van der Waals surface area contributed by atoms with Gasteiger partial charge in [0.25, 0.3) is 11.8 Å². The van der Waals surface area contributed by atoms with E-state index in [0.29, 0.717) is 47.7 Å². The zero-order valence-electron chi connectivity index (χ0n) is 17.4. The van der Waals surface area contributed by atoms with E-state index in [1.807, 2.05) is 11.8 Å². The second kappa shape index (κ2) is 9.13. The third-order valence-electron chi connectivity index (χ3n) is 5.64. The molecule has 9 heteroatoms. The molecule has 8 nitrogen and oxygen atoms in total. The van der Waals surface area contributed by atoms with Gasteiger partial charge in [0.2, 0.25) is 5.91 Å². The predicted molar refractivity (Wildman–Crippen MR) is 120 cm³/mol. The zero-order valence-corrected chi connectivity index (χ0v) is 19.0. The van der Waals surface area contributed by atoms with Crippen molar-refractivity contribution in [3.05, 3.63) is 46.2 Å². The van der Waals surface area contributed by atoms with Crippen LogP contribution >= 0.6 is 15.9 Å². The number of unbranched alkanes of at least 4 members (excludes halogenated alkanes) is 3. The first-order valence-electron chi connectivity index (χ1n) is 10.5. The van der Waals surface area contributed by atoms with E-state index < -0.39 is 0 Å². The van der Waals surface area contributed by atoms with Crippen molar-refractivity contribution in [2.75, 3.05) is 36.0 Å². The minimum absolute atomic E-state index is 0.0213.